The number of rotatable bonds is 2. The highest BCUT2D eigenvalue weighted by atomic mass is 35.5. The molecule has 0 unspecified atom stereocenters. The Hall–Kier alpha value is -2.04. The summed E-state index contributed by atoms with van der Waals surface area (Å²) in [7, 11) is 0. The third kappa shape index (κ3) is 3.88. The fraction of sp³-hybridized carbons (Fsp3) is 0.391. The number of aromatic nitrogens is 2. The molecule has 6 heteroatoms. The summed E-state index contributed by atoms with van der Waals surface area (Å²) in [6, 6.07) is 14.2. The largest absolute Gasteiger partial charge is 0.388 e. The Morgan fingerprint density at radius 2 is 1.66 bits per heavy atom. The molecule has 0 bridgehead atoms. The van der Waals surface area contributed by atoms with Gasteiger partial charge in [0.1, 0.15) is 11.3 Å². The van der Waals surface area contributed by atoms with Crippen molar-refractivity contribution >= 4 is 40.8 Å². The van der Waals surface area contributed by atoms with Crippen LogP contribution in [-0.4, -0.2) is 21.3 Å². The number of nitrogens with one attached hydrogen (secondary N) is 1. The van der Waals surface area contributed by atoms with Gasteiger partial charge >= 0.3 is 0 Å². The minimum Gasteiger partial charge on any atom is -0.388 e. The summed E-state index contributed by atoms with van der Waals surface area (Å²) in [5.74, 6) is 0.824. The maximum atomic E-state index is 6.00. The van der Waals surface area contributed by atoms with Gasteiger partial charge in [-0.1, -0.05) is 48.8 Å². The maximum Gasteiger partial charge on any atom is 0.156 e. The van der Waals surface area contributed by atoms with Gasteiger partial charge in [0.15, 0.2) is 5.82 Å². The zero-order valence-corrected chi connectivity index (χ0v) is 18.2. The molecular formula is C23H25Cl2N3O. The van der Waals surface area contributed by atoms with E-state index in [1.807, 2.05) is 24.3 Å². The molecule has 1 spiro atoms. The van der Waals surface area contributed by atoms with Gasteiger partial charge in [0, 0.05) is 11.4 Å². The van der Waals surface area contributed by atoms with E-state index in [0.29, 0.717) is 5.41 Å². The molecule has 1 saturated carbocycles. The average Bonchev–Trinajstić information content (AvgIpc) is 3.29. The fourth-order valence-electron chi connectivity index (χ4n) is 4.26. The Kier molecular flexibility index (Phi) is 5.12. The van der Waals surface area contributed by atoms with Crippen LogP contribution in [0.15, 0.2) is 47.6 Å². The molecule has 29 heavy (non-hydrogen) atoms. The first kappa shape index (κ1) is 20.2. The van der Waals surface area contributed by atoms with Gasteiger partial charge in [-0.15, -0.1) is 12.4 Å². The smallest absolute Gasteiger partial charge is 0.156 e. The van der Waals surface area contributed by atoms with Crippen molar-refractivity contribution in [3.63, 3.8) is 0 Å². The molecule has 4 nitrogen and oxygen atoms in total. The van der Waals surface area contributed by atoms with Crippen molar-refractivity contribution in [1.82, 2.24) is 9.97 Å². The first-order chi connectivity index (χ1) is 13.4. The van der Waals surface area contributed by atoms with E-state index in [2.05, 4.69) is 42.2 Å². The summed E-state index contributed by atoms with van der Waals surface area (Å²) >= 11 is 6.00. The number of aromatic amines is 1. The summed E-state index contributed by atoms with van der Waals surface area (Å²) < 4.78 is 0. The molecule has 1 aliphatic carbocycles. The third-order valence-corrected chi connectivity index (χ3v) is 6.54. The zero-order chi connectivity index (χ0) is 19.4. The third-order valence-electron chi connectivity index (χ3n) is 6.29. The van der Waals surface area contributed by atoms with E-state index in [-0.39, 0.29) is 18.0 Å². The number of hydrogen-bond acceptors (Lipinski definition) is 3. The summed E-state index contributed by atoms with van der Waals surface area (Å²) in [6.45, 7) is 4.68. The molecule has 1 aromatic heterocycles. The number of H-pyrrole nitrogens is 1. The van der Waals surface area contributed by atoms with E-state index in [4.69, 9.17) is 21.4 Å². The number of benzene rings is 2. The van der Waals surface area contributed by atoms with Crippen molar-refractivity contribution in [2.24, 2.45) is 10.6 Å². The van der Waals surface area contributed by atoms with Crippen LogP contribution < -0.4 is 0 Å². The van der Waals surface area contributed by atoms with Gasteiger partial charge in [0.25, 0.3) is 0 Å². The molecule has 2 aromatic carbocycles. The zero-order valence-electron chi connectivity index (χ0n) is 16.7. The highest BCUT2D eigenvalue weighted by Gasteiger charge is 2.45. The Balaban J connectivity index is 0.00000205. The van der Waals surface area contributed by atoms with Gasteiger partial charge < -0.3 is 9.82 Å². The van der Waals surface area contributed by atoms with E-state index in [1.54, 1.807) is 0 Å². The fourth-order valence-corrected chi connectivity index (χ4v) is 4.39. The van der Waals surface area contributed by atoms with Crippen LogP contribution in [0.4, 0.5) is 0 Å². The summed E-state index contributed by atoms with van der Waals surface area (Å²) in [4.78, 5) is 14.2. The standard InChI is InChI=1S/C23H24ClN3O.ClH/c1-22(2)9-11-23(12-10-22)14-20(27-28-23)21-25-18-8-5-16(13-19(18)26-21)15-3-6-17(24)7-4-15;/h3-8,13H,9-12,14H2,1-2H3,(H,25,26);1H. The first-order valence-electron chi connectivity index (χ1n) is 9.93. The number of oxime groups is 1. The minimum absolute atomic E-state index is 0. The molecule has 0 radical (unpaired) electrons. The molecular weight excluding hydrogens is 405 g/mol. The van der Waals surface area contributed by atoms with Crippen LogP contribution in [0.1, 0.15) is 51.8 Å². The molecule has 1 aliphatic heterocycles. The maximum absolute atomic E-state index is 6.00. The van der Waals surface area contributed by atoms with Crippen molar-refractivity contribution in [1.29, 1.82) is 0 Å². The number of nitrogens with zero attached hydrogens (tertiary/aromatic N) is 2. The van der Waals surface area contributed by atoms with E-state index in [1.165, 1.54) is 12.8 Å². The molecule has 2 heterocycles. The lowest BCUT2D eigenvalue weighted by Gasteiger charge is -2.39. The van der Waals surface area contributed by atoms with Crippen LogP contribution >= 0.6 is 24.0 Å². The van der Waals surface area contributed by atoms with E-state index in [9.17, 15) is 0 Å². The SMILES string of the molecule is CC1(C)CCC2(CC1)CC(c1nc3cc(-c4ccc(Cl)cc4)ccc3[nH]1)=NO2.Cl. The second kappa shape index (κ2) is 7.33. The van der Waals surface area contributed by atoms with Crippen LogP contribution in [0.3, 0.4) is 0 Å². The Bertz CT molecular complexity index is 1060. The van der Waals surface area contributed by atoms with Gasteiger partial charge in [0.05, 0.1) is 11.0 Å². The van der Waals surface area contributed by atoms with E-state index >= 15 is 0 Å². The molecule has 1 N–H and O–H groups in total. The molecule has 0 saturated heterocycles. The lowest BCUT2D eigenvalue weighted by molar-refractivity contribution is -0.0653. The molecule has 5 rings (SSSR count). The van der Waals surface area contributed by atoms with Gasteiger partial charge in [-0.05, 0) is 66.5 Å². The van der Waals surface area contributed by atoms with Crippen LogP contribution in [0.2, 0.25) is 5.02 Å². The molecule has 0 atom stereocenters. The second-order valence-corrected chi connectivity index (χ2v) is 9.41. The van der Waals surface area contributed by atoms with E-state index in [0.717, 1.165) is 58.0 Å². The van der Waals surface area contributed by atoms with E-state index < -0.39 is 0 Å². The molecule has 3 aromatic rings. The second-order valence-electron chi connectivity index (χ2n) is 8.98. The summed E-state index contributed by atoms with van der Waals surface area (Å²) in [5, 5.41) is 5.17. The molecule has 152 valence electrons. The van der Waals surface area contributed by atoms with Crippen molar-refractivity contribution in [3.05, 3.63) is 53.3 Å². The lowest BCUT2D eigenvalue weighted by atomic mass is 9.69. The van der Waals surface area contributed by atoms with Crippen LogP contribution in [-0.2, 0) is 4.84 Å². The topological polar surface area (TPSA) is 50.3 Å². The van der Waals surface area contributed by atoms with Gasteiger partial charge in [-0.25, -0.2) is 4.98 Å². The first-order valence-corrected chi connectivity index (χ1v) is 10.3. The number of halogens is 2. The normalized spacial score (nSPS) is 19.6. The van der Waals surface area contributed by atoms with Crippen molar-refractivity contribution in [2.45, 2.75) is 51.6 Å². The molecule has 2 aliphatic rings. The summed E-state index contributed by atoms with van der Waals surface area (Å²) in [6.07, 6.45) is 5.33. The van der Waals surface area contributed by atoms with Crippen molar-refractivity contribution < 1.29 is 4.84 Å². The quantitative estimate of drug-likeness (QED) is 0.488. The highest BCUT2D eigenvalue weighted by molar-refractivity contribution is 6.30. The Morgan fingerprint density at radius 3 is 2.38 bits per heavy atom. The average molecular weight is 430 g/mol. The Labute approximate surface area is 182 Å². The van der Waals surface area contributed by atoms with Gasteiger partial charge in [0.2, 0.25) is 0 Å². The molecule has 0 amide bonds. The predicted octanol–water partition coefficient (Wildman–Crippen LogP) is 6.77. The van der Waals surface area contributed by atoms with Gasteiger partial charge in [-0.2, -0.15) is 0 Å². The van der Waals surface area contributed by atoms with Crippen LogP contribution in [0.5, 0.6) is 0 Å². The predicted molar refractivity (Wildman–Crippen MR) is 121 cm³/mol. The lowest BCUT2D eigenvalue weighted by Crippen LogP contribution is -2.37. The van der Waals surface area contributed by atoms with Crippen LogP contribution in [0.25, 0.3) is 22.2 Å². The minimum atomic E-state index is -0.127. The Morgan fingerprint density at radius 1 is 0.966 bits per heavy atom. The van der Waals surface area contributed by atoms with Crippen molar-refractivity contribution in [3.8, 4) is 11.1 Å². The molecule has 1 fully saturated rings. The summed E-state index contributed by atoms with van der Waals surface area (Å²) in [5.41, 5.74) is 5.42. The van der Waals surface area contributed by atoms with Crippen molar-refractivity contribution in [2.75, 3.05) is 0 Å². The number of hydrogen-bond donors (Lipinski definition) is 1. The number of fused-ring (bicyclic) bond motifs is 1. The van der Waals surface area contributed by atoms with Crippen LogP contribution in [0, 0.1) is 5.41 Å². The highest BCUT2D eigenvalue weighted by Crippen LogP contribution is 2.46. The number of imidazole rings is 1. The monoisotopic (exact) mass is 429 g/mol. The van der Waals surface area contributed by atoms with Gasteiger partial charge in [-0.3, -0.25) is 0 Å².